The molecule has 0 bridgehead atoms. The quantitative estimate of drug-likeness (QED) is 0.637. The van der Waals surface area contributed by atoms with Crippen LogP contribution < -0.4 is 5.32 Å². The number of guanidine groups is 1. The maximum Gasteiger partial charge on any atom is 0.393 e. The molecule has 1 N–H and O–H groups in total. The molecule has 0 aliphatic carbocycles. The Morgan fingerprint density at radius 3 is 2.71 bits per heavy atom. The summed E-state index contributed by atoms with van der Waals surface area (Å²) in [5.74, 6) is -0.552. The van der Waals surface area contributed by atoms with E-state index in [1.54, 1.807) is 4.90 Å². The zero-order chi connectivity index (χ0) is 10.2. The number of aliphatic imine (C=N–C) groups is 1. The van der Waals surface area contributed by atoms with Crippen LogP contribution in [0, 0.1) is 5.92 Å². The van der Waals surface area contributed by atoms with Gasteiger partial charge in [0.2, 0.25) is 0 Å². The predicted molar refractivity (Wildman–Crippen MR) is 46.0 cm³/mol. The third kappa shape index (κ3) is 1.78. The molecular weight excluding hydrogens is 195 g/mol. The van der Waals surface area contributed by atoms with Crippen LogP contribution in [-0.2, 0) is 0 Å². The third-order valence-electron chi connectivity index (χ3n) is 2.61. The van der Waals surface area contributed by atoms with E-state index in [4.69, 9.17) is 0 Å². The van der Waals surface area contributed by atoms with Gasteiger partial charge >= 0.3 is 6.18 Å². The summed E-state index contributed by atoms with van der Waals surface area (Å²) in [6.07, 6.45) is -3.88. The lowest BCUT2D eigenvalue weighted by molar-refractivity contribution is -0.169. The summed E-state index contributed by atoms with van der Waals surface area (Å²) in [7, 11) is 0. The maximum absolute atomic E-state index is 12.3. The van der Waals surface area contributed by atoms with Crippen LogP contribution >= 0.6 is 0 Å². The summed E-state index contributed by atoms with van der Waals surface area (Å²) in [4.78, 5) is 5.78. The molecule has 0 aromatic carbocycles. The van der Waals surface area contributed by atoms with Crippen LogP contribution in [0.5, 0.6) is 0 Å². The molecule has 1 unspecified atom stereocenters. The largest absolute Gasteiger partial charge is 0.393 e. The Morgan fingerprint density at radius 1 is 1.43 bits per heavy atom. The van der Waals surface area contributed by atoms with Gasteiger partial charge in [0.25, 0.3) is 0 Å². The number of hydrogen-bond donors (Lipinski definition) is 1. The zero-order valence-electron chi connectivity index (χ0n) is 7.64. The van der Waals surface area contributed by atoms with Crippen LogP contribution in [0.3, 0.4) is 0 Å². The summed E-state index contributed by atoms with van der Waals surface area (Å²) in [6.45, 7) is 1.91. The minimum atomic E-state index is -4.06. The van der Waals surface area contributed by atoms with E-state index in [-0.39, 0.29) is 13.0 Å². The zero-order valence-corrected chi connectivity index (χ0v) is 7.64. The van der Waals surface area contributed by atoms with Crippen molar-refractivity contribution in [1.29, 1.82) is 0 Å². The Labute approximate surface area is 80.0 Å². The molecule has 0 saturated carbocycles. The first-order valence-electron chi connectivity index (χ1n) is 4.67. The van der Waals surface area contributed by atoms with Gasteiger partial charge in [-0.05, 0) is 6.42 Å². The Kier molecular flexibility index (Phi) is 2.28. The summed E-state index contributed by atoms with van der Waals surface area (Å²) < 4.78 is 37.0. The van der Waals surface area contributed by atoms with Gasteiger partial charge in [0.15, 0.2) is 5.96 Å². The van der Waals surface area contributed by atoms with Crippen molar-refractivity contribution in [3.8, 4) is 0 Å². The van der Waals surface area contributed by atoms with Gasteiger partial charge in [0.05, 0.1) is 12.5 Å². The van der Waals surface area contributed by atoms with Crippen molar-refractivity contribution in [3.63, 3.8) is 0 Å². The van der Waals surface area contributed by atoms with Gasteiger partial charge in [-0.15, -0.1) is 0 Å². The third-order valence-corrected chi connectivity index (χ3v) is 2.61. The van der Waals surface area contributed by atoms with Crippen LogP contribution in [0.1, 0.15) is 6.42 Å². The average Bonchev–Trinajstić information content (AvgIpc) is 2.73. The molecule has 0 spiro atoms. The highest BCUT2D eigenvalue weighted by Gasteiger charge is 2.44. The van der Waals surface area contributed by atoms with Crippen molar-refractivity contribution in [2.45, 2.75) is 12.6 Å². The lowest BCUT2D eigenvalue weighted by Gasteiger charge is -2.19. The molecule has 1 fully saturated rings. The van der Waals surface area contributed by atoms with E-state index >= 15 is 0 Å². The van der Waals surface area contributed by atoms with Crippen LogP contribution in [0.15, 0.2) is 4.99 Å². The topological polar surface area (TPSA) is 27.6 Å². The van der Waals surface area contributed by atoms with E-state index in [0.717, 1.165) is 6.54 Å². The second-order valence-electron chi connectivity index (χ2n) is 3.61. The highest BCUT2D eigenvalue weighted by Crippen LogP contribution is 2.33. The van der Waals surface area contributed by atoms with Crippen molar-refractivity contribution in [2.24, 2.45) is 10.9 Å². The minimum Gasteiger partial charge on any atom is -0.354 e. The van der Waals surface area contributed by atoms with Gasteiger partial charge in [0.1, 0.15) is 0 Å². The molecule has 2 rings (SSSR count). The summed E-state index contributed by atoms with van der Waals surface area (Å²) in [5.41, 5.74) is 0. The second kappa shape index (κ2) is 3.33. The number of likely N-dealkylation sites (tertiary alicyclic amines) is 1. The fourth-order valence-corrected chi connectivity index (χ4v) is 1.82. The molecule has 6 heteroatoms. The number of rotatable bonds is 0. The van der Waals surface area contributed by atoms with E-state index in [1.165, 1.54) is 0 Å². The van der Waals surface area contributed by atoms with E-state index in [1.807, 2.05) is 0 Å². The van der Waals surface area contributed by atoms with Gasteiger partial charge in [-0.3, -0.25) is 4.99 Å². The Hall–Kier alpha value is -0.940. The molecule has 80 valence electrons. The standard InChI is InChI=1S/C8H12F3N3/c9-8(10,11)6-1-4-14(5-6)7-12-2-3-13-7/h6H,1-5H2,(H,12,13). The fraction of sp³-hybridized carbons (Fsp3) is 0.875. The van der Waals surface area contributed by atoms with Crippen molar-refractivity contribution >= 4 is 5.96 Å². The van der Waals surface area contributed by atoms with Crippen molar-refractivity contribution in [3.05, 3.63) is 0 Å². The molecule has 1 atom stereocenters. The van der Waals surface area contributed by atoms with E-state index < -0.39 is 12.1 Å². The first-order valence-corrected chi connectivity index (χ1v) is 4.67. The summed E-state index contributed by atoms with van der Waals surface area (Å²) in [5, 5.41) is 2.98. The minimum absolute atomic E-state index is 0.0509. The lowest BCUT2D eigenvalue weighted by Crippen LogP contribution is -2.38. The molecular formula is C8H12F3N3. The molecule has 14 heavy (non-hydrogen) atoms. The van der Waals surface area contributed by atoms with E-state index in [0.29, 0.717) is 19.0 Å². The molecule has 0 radical (unpaired) electrons. The molecule has 2 aliphatic rings. The Morgan fingerprint density at radius 2 is 2.21 bits per heavy atom. The normalized spacial score (nSPS) is 27.8. The molecule has 0 amide bonds. The molecule has 2 heterocycles. The van der Waals surface area contributed by atoms with Crippen molar-refractivity contribution in [1.82, 2.24) is 10.2 Å². The number of hydrogen-bond acceptors (Lipinski definition) is 3. The average molecular weight is 207 g/mol. The van der Waals surface area contributed by atoms with Gasteiger partial charge in [-0.25, -0.2) is 0 Å². The first kappa shape index (κ1) is 9.61. The van der Waals surface area contributed by atoms with Crippen LogP contribution in [0.25, 0.3) is 0 Å². The van der Waals surface area contributed by atoms with Crippen molar-refractivity contribution in [2.75, 3.05) is 26.2 Å². The predicted octanol–water partition coefficient (Wildman–Crippen LogP) is 0.830. The van der Waals surface area contributed by atoms with E-state index in [9.17, 15) is 13.2 Å². The van der Waals surface area contributed by atoms with Crippen LogP contribution in [0.4, 0.5) is 13.2 Å². The number of nitrogens with one attached hydrogen (secondary N) is 1. The van der Waals surface area contributed by atoms with Crippen LogP contribution in [-0.4, -0.2) is 43.2 Å². The van der Waals surface area contributed by atoms with E-state index in [2.05, 4.69) is 10.3 Å². The molecule has 0 aromatic heterocycles. The fourth-order valence-electron chi connectivity index (χ4n) is 1.82. The molecule has 3 nitrogen and oxygen atoms in total. The van der Waals surface area contributed by atoms with Gasteiger partial charge in [0, 0.05) is 19.6 Å². The molecule has 0 aromatic rings. The highest BCUT2D eigenvalue weighted by atomic mass is 19.4. The highest BCUT2D eigenvalue weighted by molar-refractivity contribution is 5.81. The first-order chi connectivity index (χ1) is 6.57. The SMILES string of the molecule is FC(F)(F)C1CCN(C2=NCCN2)C1. The molecule has 2 aliphatic heterocycles. The monoisotopic (exact) mass is 207 g/mol. The van der Waals surface area contributed by atoms with Gasteiger partial charge in [-0.1, -0.05) is 0 Å². The lowest BCUT2D eigenvalue weighted by atomic mass is 10.1. The van der Waals surface area contributed by atoms with Gasteiger partial charge < -0.3 is 10.2 Å². The second-order valence-corrected chi connectivity index (χ2v) is 3.61. The number of halogens is 3. The Balaban J connectivity index is 1.94. The Bertz CT molecular complexity index is 249. The maximum atomic E-state index is 12.3. The number of alkyl halides is 3. The number of nitrogens with zero attached hydrogens (tertiary/aromatic N) is 2. The molecule has 1 saturated heterocycles. The summed E-state index contributed by atoms with van der Waals surface area (Å²) >= 11 is 0. The smallest absolute Gasteiger partial charge is 0.354 e. The van der Waals surface area contributed by atoms with Crippen molar-refractivity contribution < 1.29 is 13.2 Å². The van der Waals surface area contributed by atoms with Gasteiger partial charge in [-0.2, -0.15) is 13.2 Å². The van der Waals surface area contributed by atoms with Crippen LogP contribution in [0.2, 0.25) is 0 Å². The summed E-state index contributed by atoms with van der Waals surface area (Å²) in [6, 6.07) is 0.